The topological polar surface area (TPSA) is 66.4 Å². The van der Waals surface area contributed by atoms with Gasteiger partial charge in [-0.2, -0.15) is 0 Å². The highest BCUT2D eigenvalue weighted by molar-refractivity contribution is 7.88. The number of hydrogen-bond donors (Lipinski definition) is 2. The van der Waals surface area contributed by atoms with Crippen LogP contribution in [-0.4, -0.2) is 20.1 Å². The molecule has 0 aliphatic carbocycles. The molecule has 0 aliphatic heterocycles. The van der Waals surface area contributed by atoms with Gasteiger partial charge in [0.1, 0.15) is 5.60 Å². The van der Waals surface area contributed by atoms with E-state index in [0.29, 0.717) is 21.2 Å². The summed E-state index contributed by atoms with van der Waals surface area (Å²) in [6.45, 7) is 1.38. The van der Waals surface area contributed by atoms with Crippen molar-refractivity contribution in [3.63, 3.8) is 0 Å². The molecule has 0 aliphatic rings. The van der Waals surface area contributed by atoms with Gasteiger partial charge in [0, 0.05) is 16.6 Å². The van der Waals surface area contributed by atoms with E-state index in [1.54, 1.807) is 48.5 Å². The average Bonchev–Trinajstić information content (AvgIpc) is 2.48. The van der Waals surface area contributed by atoms with Crippen LogP contribution in [0.4, 0.5) is 0 Å². The Morgan fingerprint density at radius 1 is 1.09 bits per heavy atom. The molecule has 2 N–H and O–H groups in total. The molecule has 2 rings (SSSR count). The SMILES string of the molecule is CC(O)(CNS(=O)(=O)Cc1ccccc1Cl)c1ccc(Cl)cc1. The number of aliphatic hydroxyl groups is 1. The smallest absolute Gasteiger partial charge is 0.215 e. The molecule has 0 saturated heterocycles. The fraction of sp³-hybridized carbons (Fsp3) is 0.250. The van der Waals surface area contributed by atoms with Crippen LogP contribution in [0, 0.1) is 0 Å². The second kappa shape index (κ2) is 7.20. The molecule has 0 bridgehead atoms. The van der Waals surface area contributed by atoms with Gasteiger partial charge in [-0.25, -0.2) is 13.1 Å². The van der Waals surface area contributed by atoms with Crippen LogP contribution in [0.15, 0.2) is 48.5 Å². The van der Waals surface area contributed by atoms with Gasteiger partial charge in [0.15, 0.2) is 0 Å². The Bertz CT molecular complexity index is 774. The highest BCUT2D eigenvalue weighted by Crippen LogP contribution is 2.22. The largest absolute Gasteiger partial charge is 0.384 e. The maximum absolute atomic E-state index is 12.2. The summed E-state index contributed by atoms with van der Waals surface area (Å²) >= 11 is 11.8. The number of rotatable bonds is 6. The molecule has 0 heterocycles. The summed E-state index contributed by atoms with van der Waals surface area (Å²) < 4.78 is 26.8. The Morgan fingerprint density at radius 3 is 2.30 bits per heavy atom. The van der Waals surface area contributed by atoms with Crippen molar-refractivity contribution < 1.29 is 13.5 Å². The van der Waals surface area contributed by atoms with Crippen LogP contribution < -0.4 is 4.72 Å². The van der Waals surface area contributed by atoms with Crippen molar-refractivity contribution in [2.75, 3.05) is 6.54 Å². The van der Waals surface area contributed by atoms with Crippen LogP contribution in [0.2, 0.25) is 10.0 Å². The van der Waals surface area contributed by atoms with Gasteiger partial charge in [-0.1, -0.05) is 53.5 Å². The summed E-state index contributed by atoms with van der Waals surface area (Å²) in [5.74, 6) is -0.247. The van der Waals surface area contributed by atoms with Crippen LogP contribution in [-0.2, 0) is 21.4 Å². The van der Waals surface area contributed by atoms with Gasteiger partial charge in [0.05, 0.1) is 5.75 Å². The Morgan fingerprint density at radius 2 is 1.70 bits per heavy atom. The average molecular weight is 374 g/mol. The molecular formula is C16H17Cl2NO3S. The molecule has 1 atom stereocenters. The van der Waals surface area contributed by atoms with E-state index in [9.17, 15) is 13.5 Å². The Labute approximate surface area is 146 Å². The van der Waals surface area contributed by atoms with Crippen LogP contribution in [0.3, 0.4) is 0 Å². The molecule has 2 aromatic carbocycles. The standard InChI is InChI=1S/C16H17Cl2NO3S/c1-16(20,13-6-8-14(17)9-7-13)11-19-23(21,22)10-12-4-2-3-5-15(12)18/h2-9,19-20H,10-11H2,1H3. The minimum Gasteiger partial charge on any atom is -0.384 e. The summed E-state index contributed by atoms with van der Waals surface area (Å²) in [4.78, 5) is 0. The summed E-state index contributed by atoms with van der Waals surface area (Å²) in [6, 6.07) is 13.3. The highest BCUT2D eigenvalue weighted by Gasteiger charge is 2.25. The van der Waals surface area contributed by atoms with Gasteiger partial charge in [-0.3, -0.25) is 0 Å². The van der Waals surface area contributed by atoms with Gasteiger partial charge in [-0.15, -0.1) is 0 Å². The highest BCUT2D eigenvalue weighted by atomic mass is 35.5. The third kappa shape index (κ3) is 5.19. The molecule has 0 spiro atoms. The van der Waals surface area contributed by atoms with E-state index >= 15 is 0 Å². The Kier molecular flexibility index (Phi) is 5.70. The number of hydrogen-bond acceptors (Lipinski definition) is 3. The summed E-state index contributed by atoms with van der Waals surface area (Å²) in [6.07, 6.45) is 0. The molecule has 2 aromatic rings. The van der Waals surface area contributed by atoms with Gasteiger partial charge < -0.3 is 5.11 Å². The zero-order valence-electron chi connectivity index (χ0n) is 12.5. The molecule has 4 nitrogen and oxygen atoms in total. The summed E-state index contributed by atoms with van der Waals surface area (Å²) in [5, 5.41) is 11.4. The van der Waals surface area contributed by atoms with Crippen LogP contribution in [0.1, 0.15) is 18.1 Å². The van der Waals surface area contributed by atoms with Crippen molar-refractivity contribution in [1.82, 2.24) is 4.72 Å². The van der Waals surface area contributed by atoms with E-state index in [2.05, 4.69) is 4.72 Å². The van der Waals surface area contributed by atoms with E-state index < -0.39 is 15.6 Å². The minimum atomic E-state index is -3.63. The summed E-state index contributed by atoms with van der Waals surface area (Å²) in [7, 11) is -3.63. The second-order valence-electron chi connectivity index (χ2n) is 5.45. The van der Waals surface area contributed by atoms with Gasteiger partial charge >= 0.3 is 0 Å². The van der Waals surface area contributed by atoms with Gasteiger partial charge in [0.25, 0.3) is 0 Å². The number of benzene rings is 2. The van der Waals surface area contributed by atoms with Crippen LogP contribution in [0.5, 0.6) is 0 Å². The lowest BCUT2D eigenvalue weighted by atomic mass is 9.97. The van der Waals surface area contributed by atoms with Crippen molar-refractivity contribution in [3.05, 3.63) is 69.7 Å². The van der Waals surface area contributed by atoms with Crippen LogP contribution >= 0.6 is 23.2 Å². The zero-order chi connectivity index (χ0) is 17.1. The van der Waals surface area contributed by atoms with Crippen molar-refractivity contribution >= 4 is 33.2 Å². The van der Waals surface area contributed by atoms with Gasteiger partial charge in [-0.05, 0) is 36.2 Å². The lowest BCUT2D eigenvalue weighted by Gasteiger charge is -2.24. The molecule has 7 heteroatoms. The quantitative estimate of drug-likeness (QED) is 0.815. The summed E-state index contributed by atoms with van der Waals surface area (Å²) in [5.41, 5.74) is -0.270. The zero-order valence-corrected chi connectivity index (χ0v) is 14.8. The van der Waals surface area contributed by atoms with E-state index in [-0.39, 0.29) is 12.3 Å². The second-order valence-corrected chi connectivity index (χ2v) is 8.10. The molecule has 124 valence electrons. The van der Waals surface area contributed by atoms with Crippen molar-refractivity contribution in [3.8, 4) is 0 Å². The lowest BCUT2D eigenvalue weighted by Crippen LogP contribution is -2.39. The normalized spacial score (nSPS) is 14.4. The fourth-order valence-electron chi connectivity index (χ4n) is 2.03. The molecule has 0 saturated carbocycles. The first-order valence-electron chi connectivity index (χ1n) is 6.89. The maximum atomic E-state index is 12.2. The third-order valence-corrected chi connectivity index (χ3v) is 5.30. The number of sulfonamides is 1. The maximum Gasteiger partial charge on any atom is 0.215 e. The first-order chi connectivity index (χ1) is 10.7. The monoisotopic (exact) mass is 373 g/mol. The lowest BCUT2D eigenvalue weighted by molar-refractivity contribution is 0.0627. The van der Waals surface area contributed by atoms with E-state index in [1.807, 2.05) is 0 Å². The molecule has 0 amide bonds. The predicted molar refractivity (Wildman–Crippen MR) is 93.1 cm³/mol. The fourth-order valence-corrected chi connectivity index (χ4v) is 3.70. The number of halogens is 2. The molecule has 1 unspecified atom stereocenters. The first-order valence-corrected chi connectivity index (χ1v) is 9.30. The van der Waals surface area contributed by atoms with E-state index in [4.69, 9.17) is 23.2 Å². The van der Waals surface area contributed by atoms with Crippen molar-refractivity contribution in [2.45, 2.75) is 18.3 Å². The predicted octanol–water partition coefficient (Wildman–Crippen LogP) is 3.32. The van der Waals surface area contributed by atoms with Crippen LogP contribution in [0.25, 0.3) is 0 Å². The molecular weight excluding hydrogens is 357 g/mol. The first kappa shape index (κ1) is 18.2. The minimum absolute atomic E-state index is 0.151. The van der Waals surface area contributed by atoms with Gasteiger partial charge in [0.2, 0.25) is 10.0 Å². The molecule has 0 aromatic heterocycles. The van der Waals surface area contributed by atoms with E-state index in [1.165, 1.54) is 6.92 Å². The molecule has 0 fully saturated rings. The molecule has 0 radical (unpaired) electrons. The Hall–Kier alpha value is -1.11. The third-order valence-electron chi connectivity index (χ3n) is 3.41. The number of nitrogens with one attached hydrogen (secondary N) is 1. The molecule has 23 heavy (non-hydrogen) atoms. The van der Waals surface area contributed by atoms with Crippen molar-refractivity contribution in [1.29, 1.82) is 0 Å². The Balaban J connectivity index is 2.06. The van der Waals surface area contributed by atoms with E-state index in [0.717, 1.165) is 0 Å². The van der Waals surface area contributed by atoms with Crippen molar-refractivity contribution in [2.24, 2.45) is 0 Å².